The third-order valence-corrected chi connectivity index (χ3v) is 5.53. The van der Waals surface area contributed by atoms with Crippen molar-refractivity contribution in [1.82, 2.24) is 24.0 Å². The van der Waals surface area contributed by atoms with Gasteiger partial charge in [-0.25, -0.2) is 14.8 Å². The monoisotopic (exact) mass is 425 g/mol. The van der Waals surface area contributed by atoms with Gasteiger partial charge in [0, 0.05) is 37.6 Å². The number of aryl methyl sites for hydroxylation is 3. The van der Waals surface area contributed by atoms with Crippen LogP contribution in [0.5, 0.6) is 0 Å². The second kappa shape index (κ2) is 8.00. The molecule has 166 valence electrons. The molecular weight excluding hydrogens is 394 g/mol. The fourth-order valence-electron chi connectivity index (χ4n) is 4.05. The Morgan fingerprint density at radius 2 is 1.94 bits per heavy atom. The van der Waals surface area contributed by atoms with E-state index in [1.807, 2.05) is 44.6 Å². The number of nitrogens with zero attached hydrogens (tertiary/aromatic N) is 5. The number of fused-ring (bicyclic) bond motifs is 1. The van der Waals surface area contributed by atoms with Crippen LogP contribution in [0.2, 0.25) is 0 Å². The van der Waals surface area contributed by atoms with Crippen molar-refractivity contribution in [3.05, 3.63) is 41.3 Å². The lowest BCUT2D eigenvalue weighted by molar-refractivity contribution is -0.0414. The molecule has 4 rings (SSSR count). The lowest BCUT2D eigenvalue weighted by Gasteiger charge is -2.34. The van der Waals surface area contributed by atoms with Crippen molar-refractivity contribution in [2.24, 2.45) is 7.05 Å². The minimum absolute atomic E-state index is 0.118. The lowest BCUT2D eigenvalue weighted by Crippen LogP contribution is -2.48. The fraction of sp³-hybridized carbons (Fsp3) is 0.522. The third kappa shape index (κ3) is 4.30. The normalized spacial score (nSPS) is 17.4. The number of hydrogen-bond donors (Lipinski definition) is 0. The van der Waals surface area contributed by atoms with Crippen molar-refractivity contribution in [1.29, 1.82) is 0 Å². The third-order valence-electron chi connectivity index (χ3n) is 5.53. The van der Waals surface area contributed by atoms with Gasteiger partial charge in [0.05, 0.1) is 19.3 Å². The second-order valence-electron chi connectivity index (χ2n) is 9.19. The summed E-state index contributed by atoms with van der Waals surface area (Å²) in [7, 11) is 1.99. The minimum atomic E-state index is -0.513. The number of hydrogen-bond acceptors (Lipinski definition) is 5. The molecule has 1 unspecified atom stereocenters. The quantitative estimate of drug-likeness (QED) is 0.642. The van der Waals surface area contributed by atoms with Gasteiger partial charge in [0.1, 0.15) is 11.1 Å². The summed E-state index contributed by atoms with van der Waals surface area (Å²) in [5.41, 5.74) is 4.50. The summed E-state index contributed by atoms with van der Waals surface area (Å²) in [5.74, 6) is 0.842. The largest absolute Gasteiger partial charge is 0.444 e. The molecule has 0 aromatic carbocycles. The zero-order chi connectivity index (χ0) is 22.3. The molecule has 0 saturated carbocycles. The summed E-state index contributed by atoms with van der Waals surface area (Å²) in [6, 6.07) is 6.17. The Balaban J connectivity index is 1.59. The molecule has 8 heteroatoms. The Morgan fingerprint density at radius 3 is 2.61 bits per heavy atom. The highest BCUT2D eigenvalue weighted by Crippen LogP contribution is 2.24. The maximum atomic E-state index is 12.5. The van der Waals surface area contributed by atoms with Gasteiger partial charge < -0.3 is 14.4 Å². The van der Waals surface area contributed by atoms with Crippen LogP contribution in [0.25, 0.3) is 17.1 Å². The number of morpholine rings is 1. The van der Waals surface area contributed by atoms with Crippen LogP contribution in [0.15, 0.2) is 24.4 Å². The van der Waals surface area contributed by atoms with E-state index >= 15 is 0 Å². The van der Waals surface area contributed by atoms with Crippen molar-refractivity contribution >= 4 is 17.3 Å². The summed E-state index contributed by atoms with van der Waals surface area (Å²) in [6.07, 6.45) is 2.05. The molecule has 1 aliphatic heterocycles. The predicted octanol–water partition coefficient (Wildman–Crippen LogP) is 3.55. The molecule has 1 amide bonds. The van der Waals surface area contributed by atoms with Crippen LogP contribution in [-0.2, 0) is 22.9 Å². The van der Waals surface area contributed by atoms with Gasteiger partial charge in [-0.3, -0.25) is 9.13 Å². The topological polar surface area (TPSA) is 74.4 Å². The molecule has 1 saturated heterocycles. The van der Waals surface area contributed by atoms with Crippen LogP contribution in [-0.4, -0.2) is 61.5 Å². The molecular formula is C23H31N5O3. The number of amides is 1. The van der Waals surface area contributed by atoms with Crippen LogP contribution in [0.3, 0.4) is 0 Å². The predicted molar refractivity (Wildman–Crippen MR) is 119 cm³/mol. The first-order valence-corrected chi connectivity index (χ1v) is 10.7. The zero-order valence-electron chi connectivity index (χ0n) is 19.2. The van der Waals surface area contributed by atoms with Crippen LogP contribution in [0, 0.1) is 13.8 Å². The summed E-state index contributed by atoms with van der Waals surface area (Å²) >= 11 is 0. The molecule has 0 bridgehead atoms. The number of imidazole rings is 1. The van der Waals surface area contributed by atoms with E-state index in [0.29, 0.717) is 26.1 Å². The number of carbonyl (C=O) groups is 1. The SMILES string of the molecule is Cc1ccc(C)n1-c1nc2c(CC3CN(C(=O)OC(C)(C)C)CCO3)ccnc2n1C. The molecule has 0 radical (unpaired) electrons. The number of pyridine rings is 1. The summed E-state index contributed by atoms with van der Waals surface area (Å²) < 4.78 is 15.7. The van der Waals surface area contributed by atoms with E-state index in [1.54, 1.807) is 4.90 Å². The van der Waals surface area contributed by atoms with Crippen molar-refractivity contribution in [3.8, 4) is 5.95 Å². The van der Waals surface area contributed by atoms with E-state index in [1.165, 1.54) is 0 Å². The highest BCUT2D eigenvalue weighted by molar-refractivity contribution is 5.77. The van der Waals surface area contributed by atoms with E-state index in [0.717, 1.165) is 34.1 Å². The van der Waals surface area contributed by atoms with Gasteiger partial charge >= 0.3 is 6.09 Å². The van der Waals surface area contributed by atoms with Crippen molar-refractivity contribution in [2.45, 2.75) is 52.7 Å². The Labute approximate surface area is 182 Å². The van der Waals surface area contributed by atoms with E-state index < -0.39 is 5.60 Å². The van der Waals surface area contributed by atoms with Crippen LogP contribution in [0.4, 0.5) is 4.79 Å². The first-order valence-electron chi connectivity index (χ1n) is 10.7. The van der Waals surface area contributed by atoms with Crippen LogP contribution >= 0.6 is 0 Å². The van der Waals surface area contributed by atoms with Crippen LogP contribution in [0.1, 0.15) is 37.7 Å². The Kier molecular flexibility index (Phi) is 5.51. The molecule has 0 spiro atoms. The maximum absolute atomic E-state index is 12.5. The van der Waals surface area contributed by atoms with Gasteiger partial charge in [-0.2, -0.15) is 0 Å². The molecule has 3 aromatic rings. The molecule has 1 fully saturated rings. The number of rotatable bonds is 3. The van der Waals surface area contributed by atoms with Crippen LogP contribution < -0.4 is 0 Å². The molecule has 1 atom stereocenters. The number of ether oxygens (including phenoxy) is 2. The van der Waals surface area contributed by atoms with Gasteiger partial charge in [0.25, 0.3) is 0 Å². The number of carbonyl (C=O) groups excluding carboxylic acids is 1. The first kappa shape index (κ1) is 21.4. The molecule has 8 nitrogen and oxygen atoms in total. The molecule has 31 heavy (non-hydrogen) atoms. The van der Waals surface area contributed by atoms with Gasteiger partial charge in [-0.15, -0.1) is 0 Å². The molecule has 0 N–H and O–H groups in total. The maximum Gasteiger partial charge on any atom is 0.410 e. The molecule has 1 aliphatic rings. The highest BCUT2D eigenvalue weighted by atomic mass is 16.6. The lowest BCUT2D eigenvalue weighted by atomic mass is 10.1. The molecule has 3 aromatic heterocycles. The summed E-state index contributed by atoms with van der Waals surface area (Å²) in [6.45, 7) is 11.3. The van der Waals surface area contributed by atoms with E-state index in [4.69, 9.17) is 14.5 Å². The van der Waals surface area contributed by atoms with Crippen molar-refractivity contribution in [2.75, 3.05) is 19.7 Å². The minimum Gasteiger partial charge on any atom is -0.444 e. The Bertz CT molecular complexity index is 1090. The van der Waals surface area contributed by atoms with E-state index in [2.05, 4.69) is 35.5 Å². The standard InChI is InChI=1S/C23H31N5O3/c1-15-7-8-16(2)28(15)21-25-19-17(9-10-24-20(19)26(21)6)13-18-14-27(11-12-30-18)22(29)31-23(3,4)5/h7-10,18H,11-14H2,1-6H3. The average Bonchev–Trinajstić information content (AvgIpc) is 3.20. The molecule has 4 heterocycles. The Morgan fingerprint density at radius 1 is 1.23 bits per heavy atom. The summed E-state index contributed by atoms with van der Waals surface area (Å²) in [4.78, 5) is 23.7. The van der Waals surface area contributed by atoms with Gasteiger partial charge in [-0.05, 0) is 58.4 Å². The van der Waals surface area contributed by atoms with Gasteiger partial charge in [0.2, 0.25) is 5.95 Å². The second-order valence-corrected chi connectivity index (χ2v) is 9.19. The van der Waals surface area contributed by atoms with E-state index in [9.17, 15) is 4.79 Å². The first-order chi connectivity index (χ1) is 14.6. The zero-order valence-corrected chi connectivity index (χ0v) is 19.2. The smallest absolute Gasteiger partial charge is 0.410 e. The fourth-order valence-corrected chi connectivity index (χ4v) is 4.05. The highest BCUT2D eigenvalue weighted by Gasteiger charge is 2.29. The summed E-state index contributed by atoms with van der Waals surface area (Å²) in [5, 5.41) is 0. The van der Waals surface area contributed by atoms with Gasteiger partial charge in [0.15, 0.2) is 5.65 Å². The number of aromatic nitrogens is 4. The van der Waals surface area contributed by atoms with E-state index in [-0.39, 0.29) is 12.2 Å². The Hall–Kier alpha value is -2.87. The van der Waals surface area contributed by atoms with Crippen molar-refractivity contribution < 1.29 is 14.3 Å². The van der Waals surface area contributed by atoms with Gasteiger partial charge in [-0.1, -0.05) is 0 Å². The van der Waals surface area contributed by atoms with Crippen molar-refractivity contribution in [3.63, 3.8) is 0 Å². The average molecular weight is 426 g/mol. The molecule has 0 aliphatic carbocycles.